The van der Waals surface area contributed by atoms with Crippen molar-refractivity contribution in [1.29, 1.82) is 0 Å². The number of hydrogen-bond acceptors (Lipinski definition) is 4. The van der Waals surface area contributed by atoms with Gasteiger partial charge in [-0.3, -0.25) is 4.79 Å². The quantitative estimate of drug-likeness (QED) is 0.518. The van der Waals surface area contributed by atoms with Gasteiger partial charge in [0.25, 0.3) is 0 Å². The highest BCUT2D eigenvalue weighted by molar-refractivity contribution is 5.88. The van der Waals surface area contributed by atoms with Gasteiger partial charge in [0, 0.05) is 6.54 Å². The minimum absolute atomic E-state index is 0.213. The molecule has 6 nitrogen and oxygen atoms in total. The second kappa shape index (κ2) is 5.46. The van der Waals surface area contributed by atoms with Crippen molar-refractivity contribution in [2.24, 2.45) is 11.1 Å². The van der Waals surface area contributed by atoms with Crippen molar-refractivity contribution < 1.29 is 19.8 Å². The maximum Gasteiger partial charge on any atom is 0.328 e. The van der Waals surface area contributed by atoms with E-state index in [9.17, 15) is 14.7 Å². The van der Waals surface area contributed by atoms with Crippen LogP contribution in [-0.4, -0.2) is 40.8 Å². The van der Waals surface area contributed by atoms with E-state index in [1.165, 1.54) is 6.92 Å². The summed E-state index contributed by atoms with van der Waals surface area (Å²) in [6, 6.07) is -1.27. The van der Waals surface area contributed by atoms with Crippen LogP contribution in [0.1, 0.15) is 32.6 Å². The third-order valence-electron chi connectivity index (χ3n) is 3.47. The van der Waals surface area contributed by atoms with Crippen molar-refractivity contribution >= 4 is 11.9 Å². The normalized spacial score (nSPS) is 21.8. The first kappa shape index (κ1) is 13.9. The number of nitrogens with two attached hydrogens (primary N) is 1. The van der Waals surface area contributed by atoms with E-state index < -0.39 is 23.5 Å². The molecule has 0 bridgehead atoms. The van der Waals surface area contributed by atoms with E-state index in [4.69, 9.17) is 10.8 Å². The van der Waals surface area contributed by atoms with Gasteiger partial charge in [-0.25, -0.2) is 4.79 Å². The molecule has 0 heterocycles. The van der Waals surface area contributed by atoms with Crippen molar-refractivity contribution in [2.45, 2.75) is 44.8 Å². The molecule has 1 fully saturated rings. The van der Waals surface area contributed by atoms with Crippen molar-refractivity contribution in [3.63, 3.8) is 0 Å². The zero-order valence-corrected chi connectivity index (χ0v) is 9.98. The molecule has 6 heteroatoms. The Morgan fingerprint density at radius 1 is 1.41 bits per heavy atom. The Balaban J connectivity index is 2.72. The number of rotatable bonds is 5. The zero-order chi connectivity index (χ0) is 13.1. The SMILES string of the molecule is CC(O)C(NC(=O)C1(CN)CCCC1)C(=O)O. The lowest BCUT2D eigenvalue weighted by atomic mass is 9.85. The van der Waals surface area contributed by atoms with Gasteiger partial charge in [0.2, 0.25) is 5.91 Å². The first-order valence-corrected chi connectivity index (χ1v) is 5.85. The molecule has 1 aliphatic carbocycles. The molecule has 5 N–H and O–H groups in total. The molecule has 0 aromatic carbocycles. The van der Waals surface area contributed by atoms with Crippen molar-refractivity contribution in [1.82, 2.24) is 5.32 Å². The number of hydrogen-bond donors (Lipinski definition) is 4. The average Bonchev–Trinajstić information content (AvgIpc) is 2.74. The van der Waals surface area contributed by atoms with Crippen LogP contribution in [0.15, 0.2) is 0 Å². The molecule has 1 amide bonds. The number of aliphatic carboxylic acids is 1. The minimum Gasteiger partial charge on any atom is -0.480 e. The lowest BCUT2D eigenvalue weighted by molar-refractivity contribution is -0.146. The summed E-state index contributed by atoms with van der Waals surface area (Å²) in [5, 5.41) is 20.6. The number of aliphatic hydroxyl groups excluding tert-OH is 1. The predicted molar refractivity (Wildman–Crippen MR) is 61.2 cm³/mol. The highest BCUT2D eigenvalue weighted by atomic mass is 16.4. The summed E-state index contributed by atoms with van der Waals surface area (Å²) in [5.74, 6) is -1.59. The molecule has 1 rings (SSSR count). The summed E-state index contributed by atoms with van der Waals surface area (Å²) >= 11 is 0. The average molecular weight is 244 g/mol. The third-order valence-corrected chi connectivity index (χ3v) is 3.47. The van der Waals surface area contributed by atoms with Crippen LogP contribution in [0.5, 0.6) is 0 Å². The predicted octanol–water partition coefficient (Wildman–Crippen LogP) is -0.544. The molecule has 2 atom stereocenters. The van der Waals surface area contributed by atoms with Gasteiger partial charge >= 0.3 is 5.97 Å². The molecular formula is C11H20N2O4. The number of amides is 1. The van der Waals surface area contributed by atoms with E-state index in [-0.39, 0.29) is 12.5 Å². The number of carbonyl (C=O) groups is 2. The largest absolute Gasteiger partial charge is 0.480 e. The van der Waals surface area contributed by atoms with Crippen LogP contribution in [0.3, 0.4) is 0 Å². The van der Waals surface area contributed by atoms with Crippen molar-refractivity contribution in [3.05, 3.63) is 0 Å². The monoisotopic (exact) mass is 244 g/mol. The Morgan fingerprint density at radius 3 is 2.29 bits per heavy atom. The Labute approximate surface area is 100 Å². The Bertz CT molecular complexity index is 298. The van der Waals surface area contributed by atoms with E-state index in [0.717, 1.165) is 12.8 Å². The van der Waals surface area contributed by atoms with Gasteiger partial charge in [-0.15, -0.1) is 0 Å². The molecule has 1 saturated carbocycles. The number of nitrogens with one attached hydrogen (secondary N) is 1. The number of carboxylic acid groups (broad SMARTS) is 1. The molecular weight excluding hydrogens is 224 g/mol. The Kier molecular flexibility index (Phi) is 4.47. The highest BCUT2D eigenvalue weighted by Crippen LogP contribution is 2.37. The van der Waals surface area contributed by atoms with E-state index in [0.29, 0.717) is 12.8 Å². The lowest BCUT2D eigenvalue weighted by Gasteiger charge is -2.28. The Morgan fingerprint density at radius 2 is 1.94 bits per heavy atom. The van der Waals surface area contributed by atoms with Gasteiger partial charge in [-0.2, -0.15) is 0 Å². The maximum absolute atomic E-state index is 12.1. The van der Waals surface area contributed by atoms with Crippen molar-refractivity contribution in [3.8, 4) is 0 Å². The molecule has 0 saturated heterocycles. The fourth-order valence-corrected chi connectivity index (χ4v) is 2.26. The molecule has 0 aromatic heterocycles. The number of carboxylic acids is 1. The van der Waals surface area contributed by atoms with E-state index >= 15 is 0 Å². The molecule has 17 heavy (non-hydrogen) atoms. The summed E-state index contributed by atoms with van der Waals surface area (Å²) in [4.78, 5) is 22.9. The van der Waals surface area contributed by atoms with E-state index in [1.807, 2.05) is 0 Å². The van der Waals surface area contributed by atoms with E-state index in [2.05, 4.69) is 5.32 Å². The molecule has 0 aliphatic heterocycles. The number of carbonyl (C=O) groups excluding carboxylic acids is 1. The first-order chi connectivity index (χ1) is 7.93. The standard InChI is InChI=1S/C11H20N2O4/c1-7(14)8(9(15)16)13-10(17)11(6-12)4-2-3-5-11/h7-8,14H,2-6,12H2,1H3,(H,13,17)(H,15,16). The van der Waals surface area contributed by atoms with E-state index in [1.54, 1.807) is 0 Å². The first-order valence-electron chi connectivity index (χ1n) is 5.85. The molecule has 0 aromatic rings. The van der Waals surface area contributed by atoms with Gasteiger partial charge in [0.15, 0.2) is 6.04 Å². The molecule has 1 aliphatic rings. The molecule has 0 radical (unpaired) electrons. The van der Waals surface area contributed by atoms with Gasteiger partial charge < -0.3 is 21.3 Å². The topological polar surface area (TPSA) is 113 Å². The third kappa shape index (κ3) is 2.95. The summed E-state index contributed by atoms with van der Waals surface area (Å²) in [6.07, 6.45) is 2.09. The van der Waals surface area contributed by atoms with Gasteiger partial charge in [0.1, 0.15) is 0 Å². The van der Waals surface area contributed by atoms with Gasteiger partial charge in [-0.05, 0) is 19.8 Å². The summed E-state index contributed by atoms with van der Waals surface area (Å²) in [7, 11) is 0. The number of aliphatic hydroxyl groups is 1. The lowest BCUT2D eigenvalue weighted by Crippen LogP contribution is -2.54. The summed E-state index contributed by atoms with van der Waals surface area (Å²) < 4.78 is 0. The fraction of sp³-hybridized carbons (Fsp3) is 0.818. The summed E-state index contributed by atoms with van der Waals surface area (Å²) in [5.41, 5.74) is 4.98. The molecule has 0 spiro atoms. The molecule has 2 unspecified atom stereocenters. The highest BCUT2D eigenvalue weighted by Gasteiger charge is 2.41. The zero-order valence-electron chi connectivity index (χ0n) is 9.98. The smallest absolute Gasteiger partial charge is 0.328 e. The fourth-order valence-electron chi connectivity index (χ4n) is 2.26. The van der Waals surface area contributed by atoms with Gasteiger partial charge in [0.05, 0.1) is 11.5 Å². The van der Waals surface area contributed by atoms with Gasteiger partial charge in [-0.1, -0.05) is 12.8 Å². The van der Waals surface area contributed by atoms with Crippen LogP contribution in [0.25, 0.3) is 0 Å². The second-order valence-electron chi connectivity index (χ2n) is 4.72. The second-order valence-corrected chi connectivity index (χ2v) is 4.72. The summed E-state index contributed by atoms with van der Waals surface area (Å²) in [6.45, 7) is 1.55. The van der Waals surface area contributed by atoms with Crippen LogP contribution in [0, 0.1) is 5.41 Å². The van der Waals surface area contributed by atoms with Crippen LogP contribution in [-0.2, 0) is 9.59 Å². The van der Waals surface area contributed by atoms with Crippen LogP contribution in [0.2, 0.25) is 0 Å². The van der Waals surface area contributed by atoms with Crippen LogP contribution >= 0.6 is 0 Å². The van der Waals surface area contributed by atoms with Crippen LogP contribution in [0.4, 0.5) is 0 Å². The molecule has 98 valence electrons. The minimum atomic E-state index is -1.27. The van der Waals surface area contributed by atoms with Crippen LogP contribution < -0.4 is 11.1 Å². The maximum atomic E-state index is 12.1. The Hall–Kier alpha value is -1.14. The van der Waals surface area contributed by atoms with Crippen molar-refractivity contribution in [2.75, 3.05) is 6.54 Å².